The van der Waals surface area contributed by atoms with Gasteiger partial charge in [-0.2, -0.15) is 0 Å². The van der Waals surface area contributed by atoms with Gasteiger partial charge < -0.3 is 14.6 Å². The predicted octanol–water partition coefficient (Wildman–Crippen LogP) is 2.42. The van der Waals surface area contributed by atoms with Crippen LogP contribution in [-0.4, -0.2) is 43.3 Å². The highest BCUT2D eigenvalue weighted by Gasteiger charge is 2.37. The number of nitrogens with zero attached hydrogens (tertiary/aromatic N) is 1. The van der Waals surface area contributed by atoms with Crippen LogP contribution in [0.2, 0.25) is 0 Å². The fourth-order valence-electron chi connectivity index (χ4n) is 3.00. The predicted molar refractivity (Wildman–Crippen MR) is 79.8 cm³/mol. The summed E-state index contributed by atoms with van der Waals surface area (Å²) in [7, 11) is 3.26. The Morgan fingerprint density at radius 1 is 1.33 bits per heavy atom. The van der Waals surface area contributed by atoms with Crippen molar-refractivity contribution in [3.05, 3.63) is 23.8 Å². The molecule has 116 valence electrons. The molecular weight excluding hydrogens is 270 g/mol. The van der Waals surface area contributed by atoms with E-state index in [0.717, 1.165) is 23.6 Å². The van der Waals surface area contributed by atoms with Gasteiger partial charge in [-0.1, -0.05) is 13.0 Å². The summed E-state index contributed by atoms with van der Waals surface area (Å²) in [6.07, 6.45) is 0. The van der Waals surface area contributed by atoms with Gasteiger partial charge in [-0.25, -0.2) is 0 Å². The second kappa shape index (κ2) is 6.35. The molecule has 1 unspecified atom stereocenters. The molecule has 2 rings (SSSR count). The second-order valence-corrected chi connectivity index (χ2v) is 5.66. The highest BCUT2D eigenvalue weighted by molar-refractivity contribution is 5.71. The van der Waals surface area contributed by atoms with E-state index in [1.54, 1.807) is 14.2 Å². The number of carboxylic acid groups (broad SMARTS) is 1. The first kappa shape index (κ1) is 15.6. The molecule has 1 aromatic rings. The van der Waals surface area contributed by atoms with Gasteiger partial charge in [0, 0.05) is 30.8 Å². The van der Waals surface area contributed by atoms with Gasteiger partial charge in [-0.05, 0) is 18.9 Å². The van der Waals surface area contributed by atoms with Crippen LogP contribution in [0, 0.1) is 11.8 Å². The standard InChI is InChI=1S/C16H23NO4/c1-10-8-17(9-14(10)16(18)19)11(2)13-6-5-12(20-3)7-15(13)21-4/h5-7,10-11,14H,8-9H2,1-4H3,(H,18,19)/t10-,11?,14-/m1/s1. The highest BCUT2D eigenvalue weighted by Crippen LogP contribution is 2.36. The molecule has 0 aromatic heterocycles. The van der Waals surface area contributed by atoms with Crippen LogP contribution in [0.15, 0.2) is 18.2 Å². The van der Waals surface area contributed by atoms with Crippen molar-refractivity contribution in [1.29, 1.82) is 0 Å². The molecule has 0 amide bonds. The van der Waals surface area contributed by atoms with E-state index in [4.69, 9.17) is 9.47 Å². The van der Waals surface area contributed by atoms with Crippen LogP contribution in [0.25, 0.3) is 0 Å². The molecule has 0 saturated carbocycles. The molecule has 0 spiro atoms. The summed E-state index contributed by atoms with van der Waals surface area (Å²) in [5, 5.41) is 9.25. The van der Waals surface area contributed by atoms with Crippen LogP contribution in [-0.2, 0) is 4.79 Å². The Morgan fingerprint density at radius 2 is 2.05 bits per heavy atom. The van der Waals surface area contributed by atoms with Crippen molar-refractivity contribution < 1.29 is 19.4 Å². The molecule has 0 bridgehead atoms. The van der Waals surface area contributed by atoms with Crippen LogP contribution in [0.1, 0.15) is 25.5 Å². The van der Waals surface area contributed by atoms with E-state index in [-0.39, 0.29) is 17.9 Å². The van der Waals surface area contributed by atoms with Crippen LogP contribution in [0.4, 0.5) is 0 Å². The minimum atomic E-state index is -0.709. The molecular formula is C16H23NO4. The van der Waals surface area contributed by atoms with Crippen molar-refractivity contribution >= 4 is 5.97 Å². The first-order chi connectivity index (χ1) is 9.97. The Bertz CT molecular complexity index is 517. The molecule has 1 aromatic carbocycles. The van der Waals surface area contributed by atoms with Crippen molar-refractivity contribution in [3.8, 4) is 11.5 Å². The molecule has 1 heterocycles. The molecule has 0 aliphatic carbocycles. The topological polar surface area (TPSA) is 59.0 Å². The molecule has 0 radical (unpaired) electrons. The van der Waals surface area contributed by atoms with E-state index >= 15 is 0 Å². The maximum Gasteiger partial charge on any atom is 0.308 e. The second-order valence-electron chi connectivity index (χ2n) is 5.66. The zero-order valence-corrected chi connectivity index (χ0v) is 13.0. The molecule has 21 heavy (non-hydrogen) atoms. The van der Waals surface area contributed by atoms with E-state index < -0.39 is 5.97 Å². The lowest BCUT2D eigenvalue weighted by atomic mass is 9.99. The normalized spacial score (nSPS) is 23.8. The summed E-state index contributed by atoms with van der Waals surface area (Å²) in [5.74, 6) is 0.680. The molecule has 1 aliphatic heterocycles. The number of hydrogen-bond acceptors (Lipinski definition) is 4. The number of hydrogen-bond donors (Lipinski definition) is 1. The van der Waals surface area contributed by atoms with Crippen LogP contribution >= 0.6 is 0 Å². The van der Waals surface area contributed by atoms with Crippen LogP contribution in [0.3, 0.4) is 0 Å². The summed E-state index contributed by atoms with van der Waals surface area (Å²) < 4.78 is 10.7. The van der Waals surface area contributed by atoms with E-state index in [1.807, 2.05) is 25.1 Å². The number of aliphatic carboxylic acids is 1. The number of ether oxygens (including phenoxy) is 2. The van der Waals surface area contributed by atoms with Crippen molar-refractivity contribution in [2.45, 2.75) is 19.9 Å². The van der Waals surface area contributed by atoms with Gasteiger partial charge >= 0.3 is 5.97 Å². The average molecular weight is 293 g/mol. The number of carboxylic acids is 1. The third-order valence-electron chi connectivity index (χ3n) is 4.40. The summed E-state index contributed by atoms with van der Waals surface area (Å²) in [6.45, 7) is 5.44. The first-order valence-electron chi connectivity index (χ1n) is 7.16. The van der Waals surface area contributed by atoms with Crippen molar-refractivity contribution in [2.24, 2.45) is 11.8 Å². The molecule has 5 heteroatoms. The Kier molecular flexibility index (Phi) is 4.73. The van der Waals surface area contributed by atoms with E-state index in [9.17, 15) is 9.90 Å². The van der Waals surface area contributed by atoms with Gasteiger partial charge in [0.2, 0.25) is 0 Å². The van der Waals surface area contributed by atoms with Gasteiger partial charge in [-0.15, -0.1) is 0 Å². The fourth-order valence-corrected chi connectivity index (χ4v) is 3.00. The third-order valence-corrected chi connectivity index (χ3v) is 4.40. The van der Waals surface area contributed by atoms with Gasteiger partial charge in [0.15, 0.2) is 0 Å². The summed E-state index contributed by atoms with van der Waals surface area (Å²) >= 11 is 0. The summed E-state index contributed by atoms with van der Waals surface area (Å²) in [4.78, 5) is 13.5. The van der Waals surface area contributed by atoms with Gasteiger partial charge in [-0.3, -0.25) is 9.69 Å². The maximum absolute atomic E-state index is 11.3. The van der Waals surface area contributed by atoms with E-state index in [0.29, 0.717) is 6.54 Å². The largest absolute Gasteiger partial charge is 0.497 e. The lowest BCUT2D eigenvalue weighted by Gasteiger charge is -2.26. The number of rotatable bonds is 5. The van der Waals surface area contributed by atoms with Crippen LogP contribution < -0.4 is 9.47 Å². The summed E-state index contributed by atoms with van der Waals surface area (Å²) in [5.41, 5.74) is 1.05. The first-order valence-corrected chi connectivity index (χ1v) is 7.16. The molecule has 1 fully saturated rings. The maximum atomic E-state index is 11.3. The van der Waals surface area contributed by atoms with Crippen molar-refractivity contribution in [2.75, 3.05) is 27.3 Å². The summed E-state index contributed by atoms with van der Waals surface area (Å²) in [6, 6.07) is 5.86. The molecule has 5 nitrogen and oxygen atoms in total. The monoisotopic (exact) mass is 293 g/mol. The zero-order valence-electron chi connectivity index (χ0n) is 13.0. The molecule has 3 atom stereocenters. The van der Waals surface area contributed by atoms with Gasteiger partial charge in [0.25, 0.3) is 0 Å². The minimum Gasteiger partial charge on any atom is -0.497 e. The lowest BCUT2D eigenvalue weighted by molar-refractivity contribution is -0.142. The smallest absolute Gasteiger partial charge is 0.308 e. The molecule has 1 saturated heterocycles. The highest BCUT2D eigenvalue weighted by atomic mass is 16.5. The van der Waals surface area contributed by atoms with E-state index in [2.05, 4.69) is 11.8 Å². The number of methoxy groups -OCH3 is 2. The Labute approximate surface area is 125 Å². The number of carbonyl (C=O) groups is 1. The third kappa shape index (κ3) is 3.13. The fraction of sp³-hybridized carbons (Fsp3) is 0.562. The minimum absolute atomic E-state index is 0.109. The molecule has 1 N–H and O–H groups in total. The Balaban J connectivity index is 2.21. The van der Waals surface area contributed by atoms with Crippen LogP contribution in [0.5, 0.6) is 11.5 Å². The number of benzene rings is 1. The van der Waals surface area contributed by atoms with Crippen molar-refractivity contribution in [3.63, 3.8) is 0 Å². The van der Waals surface area contributed by atoms with Crippen molar-refractivity contribution in [1.82, 2.24) is 4.90 Å². The zero-order chi connectivity index (χ0) is 15.6. The Hall–Kier alpha value is -1.75. The molecule has 1 aliphatic rings. The van der Waals surface area contributed by atoms with Gasteiger partial charge in [0.1, 0.15) is 11.5 Å². The lowest BCUT2D eigenvalue weighted by Crippen LogP contribution is -2.26. The van der Waals surface area contributed by atoms with E-state index in [1.165, 1.54) is 0 Å². The SMILES string of the molecule is COc1ccc(C(C)N2C[C@@H](C)[C@H](C(=O)O)C2)c(OC)c1. The average Bonchev–Trinajstić information content (AvgIpc) is 2.88. The Morgan fingerprint density at radius 3 is 2.57 bits per heavy atom. The quantitative estimate of drug-likeness (QED) is 0.903. The van der Waals surface area contributed by atoms with Gasteiger partial charge in [0.05, 0.1) is 20.1 Å². The number of likely N-dealkylation sites (tertiary alicyclic amines) is 1.